The van der Waals surface area contributed by atoms with Crippen LogP contribution in [0.2, 0.25) is 0 Å². The molecule has 2 rings (SSSR count). The van der Waals surface area contributed by atoms with E-state index in [2.05, 4.69) is 57.4 Å². The number of nitrogens with one attached hydrogen (secondary N) is 1. The summed E-state index contributed by atoms with van der Waals surface area (Å²) in [4.78, 5) is 4.29. The average Bonchev–Trinajstić information content (AvgIpc) is 2.38. The van der Waals surface area contributed by atoms with Crippen LogP contribution in [0.25, 0.3) is 0 Å². The first-order chi connectivity index (χ1) is 8.31. The second-order valence-electron chi connectivity index (χ2n) is 3.81. The van der Waals surface area contributed by atoms with E-state index >= 15 is 0 Å². The highest BCUT2D eigenvalue weighted by Gasteiger charge is 2.02. The summed E-state index contributed by atoms with van der Waals surface area (Å²) in [5.74, 6) is 0.887. The molecule has 1 aromatic carbocycles. The van der Waals surface area contributed by atoms with E-state index in [1.165, 1.54) is 11.1 Å². The molecule has 0 aliphatic rings. The van der Waals surface area contributed by atoms with Gasteiger partial charge in [0.1, 0.15) is 5.82 Å². The molecule has 0 aliphatic heterocycles. The standard InChI is InChI=1S/C14H15BrN2/c1-2-11-6-3-4-7-12(11)10-17-14-13(15)8-5-9-16-14/h3-9H,2,10H2,1H3,(H,16,17). The van der Waals surface area contributed by atoms with Crippen LogP contribution in [0.15, 0.2) is 47.1 Å². The lowest BCUT2D eigenvalue weighted by atomic mass is 10.1. The average molecular weight is 291 g/mol. The van der Waals surface area contributed by atoms with Crippen LogP contribution in [0.1, 0.15) is 18.1 Å². The molecule has 0 radical (unpaired) electrons. The molecule has 0 spiro atoms. The van der Waals surface area contributed by atoms with E-state index in [9.17, 15) is 0 Å². The summed E-state index contributed by atoms with van der Waals surface area (Å²) in [5, 5.41) is 3.35. The van der Waals surface area contributed by atoms with Crippen molar-refractivity contribution in [3.8, 4) is 0 Å². The number of hydrogen-bond acceptors (Lipinski definition) is 2. The quantitative estimate of drug-likeness (QED) is 0.920. The molecule has 0 aliphatic carbocycles. The maximum Gasteiger partial charge on any atom is 0.140 e. The Kier molecular flexibility index (Phi) is 4.15. The lowest BCUT2D eigenvalue weighted by Crippen LogP contribution is -2.04. The molecule has 0 amide bonds. The van der Waals surface area contributed by atoms with Gasteiger partial charge in [-0.15, -0.1) is 0 Å². The van der Waals surface area contributed by atoms with Crippen molar-refractivity contribution < 1.29 is 0 Å². The second-order valence-corrected chi connectivity index (χ2v) is 4.66. The van der Waals surface area contributed by atoms with Crippen molar-refractivity contribution in [2.75, 3.05) is 5.32 Å². The Labute approximate surface area is 110 Å². The highest BCUT2D eigenvalue weighted by molar-refractivity contribution is 9.10. The Bertz CT molecular complexity index is 497. The van der Waals surface area contributed by atoms with Crippen LogP contribution in [0, 0.1) is 0 Å². The highest BCUT2D eigenvalue weighted by atomic mass is 79.9. The SMILES string of the molecule is CCc1ccccc1CNc1ncccc1Br. The number of nitrogens with zero attached hydrogens (tertiary/aromatic N) is 1. The fraction of sp³-hybridized carbons (Fsp3) is 0.214. The maximum absolute atomic E-state index is 4.29. The number of rotatable bonds is 4. The molecular weight excluding hydrogens is 276 g/mol. The van der Waals surface area contributed by atoms with Gasteiger partial charge in [0.2, 0.25) is 0 Å². The third-order valence-corrected chi connectivity index (χ3v) is 3.34. The number of halogens is 1. The summed E-state index contributed by atoms with van der Waals surface area (Å²) in [6.07, 6.45) is 2.85. The van der Waals surface area contributed by atoms with Gasteiger partial charge in [-0.1, -0.05) is 31.2 Å². The smallest absolute Gasteiger partial charge is 0.140 e. The minimum Gasteiger partial charge on any atom is -0.365 e. The number of benzene rings is 1. The fourth-order valence-corrected chi connectivity index (χ4v) is 2.16. The summed E-state index contributed by atoms with van der Waals surface area (Å²) in [7, 11) is 0. The minimum absolute atomic E-state index is 0.805. The third kappa shape index (κ3) is 3.07. The normalized spacial score (nSPS) is 10.2. The summed E-state index contributed by atoms with van der Waals surface area (Å²) < 4.78 is 0.994. The Hall–Kier alpha value is -1.35. The van der Waals surface area contributed by atoms with Crippen LogP contribution in [0.3, 0.4) is 0 Å². The zero-order chi connectivity index (χ0) is 12.1. The van der Waals surface area contributed by atoms with Crippen molar-refractivity contribution >= 4 is 21.7 Å². The van der Waals surface area contributed by atoms with Crippen molar-refractivity contribution in [3.05, 3.63) is 58.2 Å². The van der Waals surface area contributed by atoms with Crippen molar-refractivity contribution in [1.29, 1.82) is 0 Å². The van der Waals surface area contributed by atoms with Crippen molar-refractivity contribution in [2.24, 2.45) is 0 Å². The molecule has 1 aromatic heterocycles. The van der Waals surface area contributed by atoms with Gasteiger partial charge < -0.3 is 5.32 Å². The van der Waals surface area contributed by atoms with E-state index in [0.717, 1.165) is 23.3 Å². The number of aryl methyl sites for hydroxylation is 1. The number of pyridine rings is 1. The number of anilines is 1. The van der Waals surface area contributed by atoms with E-state index in [-0.39, 0.29) is 0 Å². The summed E-state index contributed by atoms with van der Waals surface area (Å²) in [6.45, 7) is 2.98. The molecule has 0 saturated heterocycles. The summed E-state index contributed by atoms with van der Waals surface area (Å²) in [6, 6.07) is 12.4. The molecule has 2 aromatic rings. The van der Waals surface area contributed by atoms with Crippen molar-refractivity contribution in [3.63, 3.8) is 0 Å². The van der Waals surface area contributed by atoms with E-state index in [4.69, 9.17) is 0 Å². The third-order valence-electron chi connectivity index (χ3n) is 2.70. The van der Waals surface area contributed by atoms with Crippen molar-refractivity contribution in [1.82, 2.24) is 4.98 Å². The Morgan fingerprint density at radius 1 is 1.12 bits per heavy atom. The summed E-state index contributed by atoms with van der Waals surface area (Å²) >= 11 is 3.48. The zero-order valence-corrected chi connectivity index (χ0v) is 11.4. The predicted octanol–water partition coefficient (Wildman–Crippen LogP) is 4.02. The molecule has 0 atom stereocenters. The first-order valence-electron chi connectivity index (χ1n) is 5.72. The molecule has 1 N–H and O–H groups in total. The molecule has 0 saturated carbocycles. The van der Waals surface area contributed by atoms with Gasteiger partial charge in [0, 0.05) is 12.7 Å². The van der Waals surface area contributed by atoms with Crippen molar-refractivity contribution in [2.45, 2.75) is 19.9 Å². The van der Waals surface area contributed by atoms with Crippen LogP contribution >= 0.6 is 15.9 Å². The van der Waals surface area contributed by atoms with Gasteiger partial charge >= 0.3 is 0 Å². The monoisotopic (exact) mass is 290 g/mol. The van der Waals surface area contributed by atoms with Gasteiger partial charge in [-0.25, -0.2) is 4.98 Å². The van der Waals surface area contributed by atoms with E-state index < -0.39 is 0 Å². The van der Waals surface area contributed by atoms with Crippen LogP contribution in [0.5, 0.6) is 0 Å². The van der Waals surface area contributed by atoms with Gasteiger partial charge in [-0.3, -0.25) is 0 Å². The molecule has 17 heavy (non-hydrogen) atoms. The molecular formula is C14H15BrN2. The van der Waals surface area contributed by atoms with Gasteiger partial charge in [0.15, 0.2) is 0 Å². The van der Waals surface area contributed by atoms with Gasteiger partial charge in [0.25, 0.3) is 0 Å². The van der Waals surface area contributed by atoms with Gasteiger partial charge in [-0.05, 0) is 45.6 Å². The molecule has 1 heterocycles. The lowest BCUT2D eigenvalue weighted by Gasteiger charge is -2.10. The zero-order valence-electron chi connectivity index (χ0n) is 9.78. The van der Waals surface area contributed by atoms with Gasteiger partial charge in [0.05, 0.1) is 4.47 Å². The minimum atomic E-state index is 0.805. The highest BCUT2D eigenvalue weighted by Crippen LogP contribution is 2.19. The summed E-state index contributed by atoms with van der Waals surface area (Å²) in [5.41, 5.74) is 2.71. The predicted molar refractivity (Wildman–Crippen MR) is 75.1 cm³/mol. The Balaban J connectivity index is 2.10. The lowest BCUT2D eigenvalue weighted by molar-refractivity contribution is 1.03. The number of aromatic nitrogens is 1. The maximum atomic E-state index is 4.29. The van der Waals surface area contributed by atoms with Crippen LogP contribution in [-0.2, 0) is 13.0 Å². The topological polar surface area (TPSA) is 24.9 Å². The largest absolute Gasteiger partial charge is 0.365 e. The van der Waals surface area contributed by atoms with Gasteiger partial charge in [-0.2, -0.15) is 0 Å². The fourth-order valence-electron chi connectivity index (χ4n) is 1.77. The first-order valence-corrected chi connectivity index (χ1v) is 6.51. The molecule has 3 heteroatoms. The van der Waals surface area contributed by atoms with E-state index in [1.54, 1.807) is 6.20 Å². The molecule has 0 fully saturated rings. The molecule has 0 unspecified atom stereocenters. The van der Waals surface area contributed by atoms with Crippen LogP contribution in [0.4, 0.5) is 5.82 Å². The Morgan fingerprint density at radius 2 is 1.88 bits per heavy atom. The second kappa shape index (κ2) is 5.82. The Morgan fingerprint density at radius 3 is 2.59 bits per heavy atom. The molecule has 88 valence electrons. The van der Waals surface area contributed by atoms with E-state index in [1.807, 2.05) is 12.1 Å². The van der Waals surface area contributed by atoms with Crippen LogP contribution in [-0.4, -0.2) is 4.98 Å². The molecule has 0 bridgehead atoms. The molecule has 2 nitrogen and oxygen atoms in total. The number of hydrogen-bond donors (Lipinski definition) is 1. The van der Waals surface area contributed by atoms with E-state index in [0.29, 0.717) is 0 Å². The first kappa shape index (κ1) is 12.1. The van der Waals surface area contributed by atoms with Crippen LogP contribution < -0.4 is 5.32 Å².